The van der Waals surface area contributed by atoms with Gasteiger partial charge in [-0.05, 0) is 45.3 Å². The molecule has 0 bridgehead atoms. The van der Waals surface area contributed by atoms with Crippen molar-refractivity contribution in [3.05, 3.63) is 91.5 Å². The van der Waals surface area contributed by atoms with E-state index in [4.69, 9.17) is 16.3 Å². The van der Waals surface area contributed by atoms with E-state index in [-0.39, 0.29) is 5.69 Å². The van der Waals surface area contributed by atoms with Crippen LogP contribution in [0.25, 0.3) is 0 Å². The molecule has 28 heavy (non-hydrogen) atoms. The summed E-state index contributed by atoms with van der Waals surface area (Å²) in [6.07, 6.45) is 2.71. The molecule has 0 unspecified atom stereocenters. The van der Waals surface area contributed by atoms with Gasteiger partial charge in [0.05, 0.1) is 20.6 Å². The van der Waals surface area contributed by atoms with E-state index in [2.05, 4.69) is 31.4 Å². The highest BCUT2D eigenvalue weighted by Crippen LogP contribution is 2.34. The number of hydrazone groups is 1. The van der Waals surface area contributed by atoms with Crippen LogP contribution in [-0.2, 0) is 6.61 Å². The normalized spacial score (nSPS) is 10.8. The van der Waals surface area contributed by atoms with Crippen molar-refractivity contribution < 1.29 is 9.66 Å². The minimum Gasteiger partial charge on any atom is -0.486 e. The van der Waals surface area contributed by atoms with Crippen molar-refractivity contribution in [1.29, 1.82) is 0 Å². The van der Waals surface area contributed by atoms with Gasteiger partial charge in [0.1, 0.15) is 18.6 Å². The van der Waals surface area contributed by atoms with E-state index >= 15 is 0 Å². The van der Waals surface area contributed by atoms with Crippen LogP contribution in [0.1, 0.15) is 11.1 Å². The van der Waals surface area contributed by atoms with Crippen LogP contribution in [0, 0.1) is 10.1 Å². The molecule has 1 aromatic heterocycles. The third-order valence-electron chi connectivity index (χ3n) is 3.60. The SMILES string of the molecule is O=[N+]([O-])c1ccc(N/N=C/c2cc(Cl)c(OCc3ccccc3)c(Br)c2)nc1. The fourth-order valence-electron chi connectivity index (χ4n) is 2.25. The second-order valence-electron chi connectivity index (χ2n) is 5.62. The van der Waals surface area contributed by atoms with Gasteiger partial charge in [-0.1, -0.05) is 41.9 Å². The third kappa shape index (κ3) is 5.28. The lowest BCUT2D eigenvalue weighted by Crippen LogP contribution is -1.98. The molecular weight excluding hydrogens is 448 g/mol. The van der Waals surface area contributed by atoms with E-state index in [0.29, 0.717) is 27.7 Å². The summed E-state index contributed by atoms with van der Waals surface area (Å²) in [5.41, 5.74) is 4.39. The first-order chi connectivity index (χ1) is 13.5. The largest absolute Gasteiger partial charge is 0.486 e. The Hall–Kier alpha value is -2.97. The predicted molar refractivity (Wildman–Crippen MR) is 112 cm³/mol. The number of benzene rings is 2. The second-order valence-corrected chi connectivity index (χ2v) is 6.88. The zero-order chi connectivity index (χ0) is 19.9. The number of nitrogens with one attached hydrogen (secondary N) is 1. The van der Waals surface area contributed by atoms with Crippen molar-refractivity contribution in [2.45, 2.75) is 6.61 Å². The van der Waals surface area contributed by atoms with Crippen LogP contribution in [-0.4, -0.2) is 16.1 Å². The van der Waals surface area contributed by atoms with Gasteiger partial charge in [0.25, 0.3) is 5.69 Å². The number of halogens is 2. The highest BCUT2D eigenvalue weighted by atomic mass is 79.9. The Bertz CT molecular complexity index is 975. The first kappa shape index (κ1) is 19.8. The first-order valence-corrected chi connectivity index (χ1v) is 9.25. The standard InChI is InChI=1S/C19H14BrClN4O3/c20-16-8-14(10-23-24-18-7-6-15(11-22-18)25(26)27)9-17(21)19(16)28-12-13-4-2-1-3-5-13/h1-11H,12H2,(H,22,24)/b23-10+. The summed E-state index contributed by atoms with van der Waals surface area (Å²) in [6.45, 7) is 0.403. The van der Waals surface area contributed by atoms with Crippen LogP contribution in [0.5, 0.6) is 5.75 Å². The van der Waals surface area contributed by atoms with Crippen LogP contribution in [0.15, 0.2) is 70.4 Å². The van der Waals surface area contributed by atoms with Gasteiger partial charge in [0.2, 0.25) is 0 Å². The van der Waals surface area contributed by atoms with Crippen molar-refractivity contribution in [1.82, 2.24) is 4.98 Å². The van der Waals surface area contributed by atoms with Crippen LogP contribution in [0.3, 0.4) is 0 Å². The molecule has 1 heterocycles. The molecule has 0 aliphatic heterocycles. The molecule has 0 fully saturated rings. The number of hydrogen-bond acceptors (Lipinski definition) is 6. The average molecular weight is 462 g/mol. The number of anilines is 1. The van der Waals surface area contributed by atoms with Crippen molar-refractivity contribution in [3.8, 4) is 5.75 Å². The number of rotatable bonds is 7. The summed E-state index contributed by atoms with van der Waals surface area (Å²) < 4.78 is 6.51. The quantitative estimate of drug-likeness (QED) is 0.288. The van der Waals surface area contributed by atoms with Crippen LogP contribution in [0.4, 0.5) is 11.5 Å². The number of hydrogen-bond donors (Lipinski definition) is 1. The second kappa shape index (κ2) is 9.29. The molecule has 0 amide bonds. The Morgan fingerprint density at radius 1 is 1.25 bits per heavy atom. The van der Waals surface area contributed by atoms with Gasteiger partial charge in [0.15, 0.2) is 5.75 Å². The summed E-state index contributed by atoms with van der Waals surface area (Å²) in [7, 11) is 0. The molecule has 2 aromatic carbocycles. The Kier molecular flexibility index (Phi) is 6.57. The third-order valence-corrected chi connectivity index (χ3v) is 4.47. The molecule has 1 N–H and O–H groups in total. The summed E-state index contributed by atoms with van der Waals surface area (Å²) in [5.74, 6) is 0.933. The summed E-state index contributed by atoms with van der Waals surface area (Å²) in [6, 6.07) is 16.1. The van der Waals surface area contributed by atoms with E-state index in [1.165, 1.54) is 12.1 Å². The number of ether oxygens (including phenoxy) is 1. The molecule has 9 heteroatoms. The van der Waals surface area contributed by atoms with E-state index in [1.807, 2.05) is 36.4 Å². The summed E-state index contributed by atoms with van der Waals surface area (Å²) >= 11 is 9.79. The van der Waals surface area contributed by atoms with E-state index < -0.39 is 4.92 Å². The molecular formula is C19H14BrClN4O3. The monoisotopic (exact) mass is 460 g/mol. The topological polar surface area (TPSA) is 89.7 Å². The number of nitro groups is 1. The van der Waals surface area contributed by atoms with Gasteiger partial charge >= 0.3 is 0 Å². The van der Waals surface area contributed by atoms with Crippen molar-refractivity contribution in [3.63, 3.8) is 0 Å². The molecule has 3 aromatic rings. The number of nitrogens with zero attached hydrogens (tertiary/aromatic N) is 3. The van der Waals surface area contributed by atoms with Gasteiger partial charge in [-0.15, -0.1) is 0 Å². The molecule has 0 aliphatic rings. The Morgan fingerprint density at radius 2 is 2.04 bits per heavy atom. The number of aromatic nitrogens is 1. The molecule has 0 atom stereocenters. The van der Waals surface area contributed by atoms with Gasteiger partial charge < -0.3 is 4.74 Å². The molecule has 0 saturated heterocycles. The molecule has 0 spiro atoms. The lowest BCUT2D eigenvalue weighted by molar-refractivity contribution is -0.385. The van der Waals surface area contributed by atoms with Crippen molar-refractivity contribution >= 4 is 45.3 Å². The van der Waals surface area contributed by atoms with E-state index in [9.17, 15) is 10.1 Å². The molecule has 7 nitrogen and oxygen atoms in total. The molecule has 3 rings (SSSR count). The van der Waals surface area contributed by atoms with E-state index in [0.717, 1.165) is 17.3 Å². The van der Waals surface area contributed by atoms with Gasteiger partial charge in [0, 0.05) is 6.07 Å². The maximum absolute atomic E-state index is 10.6. The minimum atomic E-state index is -0.513. The molecule has 142 valence electrons. The van der Waals surface area contributed by atoms with Gasteiger partial charge in [-0.2, -0.15) is 5.10 Å². The molecule has 0 aliphatic carbocycles. The fraction of sp³-hybridized carbons (Fsp3) is 0.0526. The van der Waals surface area contributed by atoms with Gasteiger partial charge in [-0.3, -0.25) is 15.5 Å². The van der Waals surface area contributed by atoms with E-state index in [1.54, 1.807) is 12.3 Å². The fourth-order valence-corrected chi connectivity index (χ4v) is 3.24. The maximum atomic E-state index is 10.6. The summed E-state index contributed by atoms with van der Waals surface area (Å²) in [5, 5.41) is 15.1. The van der Waals surface area contributed by atoms with Crippen LogP contribution in [0.2, 0.25) is 5.02 Å². The zero-order valence-electron chi connectivity index (χ0n) is 14.4. The average Bonchev–Trinajstić information content (AvgIpc) is 2.68. The Labute approximate surface area is 174 Å². The smallest absolute Gasteiger partial charge is 0.287 e. The summed E-state index contributed by atoms with van der Waals surface area (Å²) in [4.78, 5) is 14.0. The maximum Gasteiger partial charge on any atom is 0.287 e. The Morgan fingerprint density at radius 3 is 2.68 bits per heavy atom. The predicted octanol–water partition coefficient (Wildman–Crippen LogP) is 5.43. The highest BCUT2D eigenvalue weighted by molar-refractivity contribution is 9.10. The number of pyridine rings is 1. The lowest BCUT2D eigenvalue weighted by Gasteiger charge is -2.11. The zero-order valence-corrected chi connectivity index (χ0v) is 16.7. The molecule has 0 radical (unpaired) electrons. The lowest BCUT2D eigenvalue weighted by atomic mass is 10.2. The molecule has 0 saturated carbocycles. The minimum absolute atomic E-state index is 0.0867. The Balaban J connectivity index is 1.64. The first-order valence-electron chi connectivity index (χ1n) is 8.08. The van der Waals surface area contributed by atoms with Crippen LogP contribution < -0.4 is 10.2 Å². The van der Waals surface area contributed by atoms with Crippen molar-refractivity contribution in [2.75, 3.05) is 5.43 Å². The highest BCUT2D eigenvalue weighted by Gasteiger charge is 2.09. The van der Waals surface area contributed by atoms with Crippen LogP contribution >= 0.6 is 27.5 Å². The van der Waals surface area contributed by atoms with Crippen molar-refractivity contribution in [2.24, 2.45) is 5.10 Å². The van der Waals surface area contributed by atoms with Gasteiger partial charge in [-0.25, -0.2) is 4.98 Å².